The van der Waals surface area contributed by atoms with E-state index in [4.69, 9.17) is 0 Å². The molecule has 0 saturated heterocycles. The van der Waals surface area contributed by atoms with Gasteiger partial charge in [-0.15, -0.1) is 15.3 Å². The Morgan fingerprint density at radius 3 is 2.85 bits per heavy atom. The van der Waals surface area contributed by atoms with Crippen LogP contribution in [0.4, 0.5) is 5.69 Å². The largest absolute Gasteiger partial charge is 0.319 e. The maximum Gasteiger partial charge on any atom is 0.286 e. The van der Waals surface area contributed by atoms with E-state index in [1.165, 1.54) is 11.3 Å². The van der Waals surface area contributed by atoms with Crippen molar-refractivity contribution < 1.29 is 4.79 Å². The van der Waals surface area contributed by atoms with E-state index in [0.717, 1.165) is 10.0 Å². The molecule has 1 amide bonds. The van der Waals surface area contributed by atoms with Crippen molar-refractivity contribution in [3.8, 4) is 0 Å². The van der Waals surface area contributed by atoms with Crippen molar-refractivity contribution in [2.24, 2.45) is 0 Å². The van der Waals surface area contributed by atoms with Gasteiger partial charge in [0.15, 0.2) is 5.82 Å². The fourth-order valence-electron chi connectivity index (χ4n) is 1.70. The summed E-state index contributed by atoms with van der Waals surface area (Å²) < 4.78 is 2.40. The second-order valence-electron chi connectivity index (χ2n) is 4.29. The monoisotopic (exact) mass is 351 g/mol. The molecule has 0 unspecified atom stereocenters. The van der Waals surface area contributed by atoms with Gasteiger partial charge in [-0.25, -0.2) is 0 Å². The number of hydrogen-bond donors (Lipinski definition) is 1. The lowest BCUT2D eigenvalue weighted by molar-refractivity contribution is 0.102. The van der Waals surface area contributed by atoms with Crippen LogP contribution in [0, 0.1) is 13.8 Å². The third kappa shape index (κ3) is 2.32. The lowest BCUT2D eigenvalue weighted by Crippen LogP contribution is -2.12. The molecule has 0 saturated carbocycles. The SMILES string of the molecule is Cc1ccc(NC(=O)c2nn3c(C)nnc3s2)c(Br)c1. The van der Waals surface area contributed by atoms with Gasteiger partial charge >= 0.3 is 0 Å². The molecule has 0 spiro atoms. The third-order valence-corrected chi connectivity index (χ3v) is 4.27. The first-order valence-electron chi connectivity index (χ1n) is 5.81. The fraction of sp³-hybridized carbons (Fsp3) is 0.167. The number of anilines is 1. The summed E-state index contributed by atoms with van der Waals surface area (Å²) in [6.45, 7) is 3.78. The van der Waals surface area contributed by atoms with Crippen molar-refractivity contribution in [2.75, 3.05) is 5.32 Å². The van der Waals surface area contributed by atoms with Crippen LogP contribution < -0.4 is 5.32 Å². The van der Waals surface area contributed by atoms with E-state index in [2.05, 4.69) is 36.5 Å². The molecule has 0 aliphatic carbocycles. The summed E-state index contributed by atoms with van der Waals surface area (Å²) in [5.74, 6) is 0.399. The van der Waals surface area contributed by atoms with E-state index in [-0.39, 0.29) is 5.91 Å². The summed E-state index contributed by atoms with van der Waals surface area (Å²) in [5.41, 5.74) is 1.83. The zero-order chi connectivity index (χ0) is 14.3. The Hall–Kier alpha value is -1.80. The van der Waals surface area contributed by atoms with E-state index in [1.807, 2.05) is 25.1 Å². The Labute approximate surface area is 127 Å². The molecule has 1 aromatic carbocycles. The molecule has 3 rings (SSSR count). The molecule has 0 bridgehead atoms. The molecule has 0 aliphatic heterocycles. The number of fused-ring (bicyclic) bond motifs is 1. The first-order valence-corrected chi connectivity index (χ1v) is 7.42. The number of hydrogen-bond acceptors (Lipinski definition) is 5. The molecular weight excluding hydrogens is 342 g/mol. The van der Waals surface area contributed by atoms with Gasteiger partial charge < -0.3 is 5.32 Å². The number of aryl methyl sites for hydroxylation is 2. The summed E-state index contributed by atoms with van der Waals surface area (Å²) >= 11 is 4.63. The predicted molar refractivity (Wildman–Crippen MR) is 80.2 cm³/mol. The van der Waals surface area contributed by atoms with Crippen LogP contribution in [0.3, 0.4) is 0 Å². The van der Waals surface area contributed by atoms with Crippen LogP contribution in [0.15, 0.2) is 22.7 Å². The quantitative estimate of drug-likeness (QED) is 0.770. The Morgan fingerprint density at radius 1 is 1.35 bits per heavy atom. The maximum absolute atomic E-state index is 12.2. The molecule has 2 heterocycles. The minimum atomic E-state index is -0.260. The number of carbonyl (C=O) groups excluding carboxylic acids is 1. The van der Waals surface area contributed by atoms with E-state index in [9.17, 15) is 4.79 Å². The van der Waals surface area contributed by atoms with Crippen molar-refractivity contribution >= 4 is 43.8 Å². The molecule has 2 aromatic heterocycles. The first kappa shape index (κ1) is 13.2. The van der Waals surface area contributed by atoms with E-state index < -0.39 is 0 Å². The number of benzene rings is 1. The molecule has 0 radical (unpaired) electrons. The highest BCUT2D eigenvalue weighted by Gasteiger charge is 2.16. The topological polar surface area (TPSA) is 72.2 Å². The molecule has 0 fully saturated rings. The Kier molecular flexibility index (Phi) is 3.27. The number of carbonyl (C=O) groups is 1. The van der Waals surface area contributed by atoms with Gasteiger partial charge in [0.1, 0.15) is 0 Å². The first-order chi connectivity index (χ1) is 9.54. The molecule has 1 N–H and O–H groups in total. The minimum absolute atomic E-state index is 0.260. The lowest BCUT2D eigenvalue weighted by atomic mass is 10.2. The highest BCUT2D eigenvalue weighted by Crippen LogP contribution is 2.24. The van der Waals surface area contributed by atoms with Crippen LogP contribution in [0.25, 0.3) is 4.96 Å². The van der Waals surface area contributed by atoms with Gasteiger partial charge in [-0.3, -0.25) is 4.79 Å². The number of halogens is 1. The zero-order valence-electron chi connectivity index (χ0n) is 10.7. The van der Waals surface area contributed by atoms with Gasteiger partial charge in [0, 0.05) is 4.47 Å². The Balaban J connectivity index is 1.88. The van der Waals surface area contributed by atoms with E-state index in [0.29, 0.717) is 21.5 Å². The molecule has 6 nitrogen and oxygen atoms in total. The number of nitrogens with one attached hydrogen (secondary N) is 1. The summed E-state index contributed by atoms with van der Waals surface area (Å²) in [5, 5.41) is 15.2. The molecule has 8 heteroatoms. The summed E-state index contributed by atoms with van der Waals surface area (Å²) in [7, 11) is 0. The number of nitrogens with zero attached hydrogens (tertiary/aromatic N) is 4. The van der Waals surface area contributed by atoms with Gasteiger partial charge in [0.25, 0.3) is 5.91 Å². The van der Waals surface area contributed by atoms with Crippen LogP contribution in [0.2, 0.25) is 0 Å². The van der Waals surface area contributed by atoms with Gasteiger partial charge in [-0.1, -0.05) is 17.4 Å². The molecule has 0 aliphatic rings. The second-order valence-corrected chi connectivity index (χ2v) is 6.10. The third-order valence-electron chi connectivity index (χ3n) is 2.71. The standard InChI is InChI=1S/C12H10BrN5OS/c1-6-3-4-9(8(13)5-6)14-10(19)11-17-18-7(2)15-16-12(18)20-11/h3-5H,1-2H3,(H,14,19). The minimum Gasteiger partial charge on any atom is -0.319 e. The Morgan fingerprint density at radius 2 is 2.15 bits per heavy atom. The number of aromatic nitrogens is 4. The molecule has 20 heavy (non-hydrogen) atoms. The predicted octanol–water partition coefficient (Wildman–Crippen LogP) is 2.82. The van der Waals surface area contributed by atoms with Crippen LogP contribution in [0.5, 0.6) is 0 Å². The molecule has 3 aromatic rings. The van der Waals surface area contributed by atoms with Gasteiger partial charge in [-0.2, -0.15) is 4.52 Å². The van der Waals surface area contributed by atoms with Gasteiger partial charge in [0.05, 0.1) is 5.69 Å². The van der Waals surface area contributed by atoms with Crippen LogP contribution >= 0.6 is 27.3 Å². The highest BCUT2D eigenvalue weighted by atomic mass is 79.9. The second kappa shape index (κ2) is 4.95. The van der Waals surface area contributed by atoms with Gasteiger partial charge in [-0.05, 0) is 47.5 Å². The average Bonchev–Trinajstić information content (AvgIpc) is 2.96. The summed E-state index contributed by atoms with van der Waals surface area (Å²) in [4.78, 5) is 12.8. The summed E-state index contributed by atoms with van der Waals surface area (Å²) in [6.07, 6.45) is 0. The van der Waals surface area contributed by atoms with Crippen LogP contribution in [-0.2, 0) is 0 Å². The fourth-order valence-corrected chi connectivity index (χ4v) is 3.08. The average molecular weight is 352 g/mol. The zero-order valence-corrected chi connectivity index (χ0v) is 13.1. The van der Waals surface area contributed by atoms with E-state index in [1.54, 1.807) is 11.4 Å². The smallest absolute Gasteiger partial charge is 0.286 e. The number of amides is 1. The van der Waals surface area contributed by atoms with Crippen molar-refractivity contribution in [3.05, 3.63) is 39.1 Å². The van der Waals surface area contributed by atoms with Crippen LogP contribution in [-0.4, -0.2) is 25.7 Å². The molecule has 102 valence electrons. The lowest BCUT2D eigenvalue weighted by Gasteiger charge is -2.06. The summed E-state index contributed by atoms with van der Waals surface area (Å²) in [6, 6.07) is 5.73. The van der Waals surface area contributed by atoms with Crippen molar-refractivity contribution in [1.29, 1.82) is 0 Å². The normalized spacial score (nSPS) is 10.9. The van der Waals surface area contributed by atoms with E-state index >= 15 is 0 Å². The maximum atomic E-state index is 12.2. The molecule has 0 atom stereocenters. The highest BCUT2D eigenvalue weighted by molar-refractivity contribution is 9.10. The number of rotatable bonds is 2. The van der Waals surface area contributed by atoms with Crippen LogP contribution in [0.1, 0.15) is 21.2 Å². The Bertz CT molecular complexity index is 809. The molecular formula is C12H10BrN5OS. The van der Waals surface area contributed by atoms with Crippen molar-refractivity contribution in [3.63, 3.8) is 0 Å². The van der Waals surface area contributed by atoms with Crippen molar-refractivity contribution in [1.82, 2.24) is 19.8 Å². The van der Waals surface area contributed by atoms with Crippen molar-refractivity contribution in [2.45, 2.75) is 13.8 Å². The van der Waals surface area contributed by atoms with Gasteiger partial charge in [0.2, 0.25) is 9.97 Å².